The van der Waals surface area contributed by atoms with Gasteiger partial charge in [-0.3, -0.25) is 0 Å². The lowest BCUT2D eigenvalue weighted by Crippen LogP contribution is -2.64. The molecule has 1 saturated heterocycles. The molecule has 5 heteroatoms. The topological polar surface area (TPSA) is 54.7 Å². The van der Waals surface area contributed by atoms with Gasteiger partial charge in [-0.05, 0) is 24.3 Å². The summed E-state index contributed by atoms with van der Waals surface area (Å²) in [5.41, 5.74) is 1.09. The Hall–Kier alpha value is -1.77. The fourth-order valence-corrected chi connectivity index (χ4v) is 1.93. The molecule has 1 fully saturated rings. The molecule has 0 spiro atoms. The minimum Gasteiger partial charge on any atom is -0.479 e. The van der Waals surface area contributed by atoms with Crippen molar-refractivity contribution in [3.8, 4) is 11.8 Å². The van der Waals surface area contributed by atoms with Gasteiger partial charge in [0.25, 0.3) is 0 Å². The second kappa shape index (κ2) is 5.25. The molecule has 0 bridgehead atoms. The average molecular weight is 248 g/mol. The Kier molecular flexibility index (Phi) is 3.70. The number of benzene rings is 1. The van der Waals surface area contributed by atoms with Crippen LogP contribution >= 0.6 is 0 Å². The largest absolute Gasteiger partial charge is 0.479 e. The van der Waals surface area contributed by atoms with Gasteiger partial charge in [-0.15, -0.1) is 0 Å². The molecule has 1 aliphatic heterocycles. The fourth-order valence-electron chi connectivity index (χ4n) is 1.93. The van der Waals surface area contributed by atoms with E-state index in [-0.39, 0.29) is 6.61 Å². The summed E-state index contributed by atoms with van der Waals surface area (Å²) in [5.74, 6) is 0.223. The van der Waals surface area contributed by atoms with Crippen LogP contribution in [-0.2, 0) is 9.47 Å². The molecule has 18 heavy (non-hydrogen) atoms. The van der Waals surface area contributed by atoms with Crippen LogP contribution in [0.25, 0.3) is 0 Å². The van der Waals surface area contributed by atoms with Crippen LogP contribution in [0.5, 0.6) is 5.75 Å². The van der Waals surface area contributed by atoms with Crippen LogP contribution in [-0.4, -0.2) is 39.7 Å². The van der Waals surface area contributed by atoms with Crippen molar-refractivity contribution in [1.29, 1.82) is 5.26 Å². The van der Waals surface area contributed by atoms with Crippen molar-refractivity contribution in [3.05, 3.63) is 24.3 Å². The zero-order valence-electron chi connectivity index (χ0n) is 10.5. The molecule has 1 aromatic carbocycles. The fraction of sp³-hybridized carbons (Fsp3) is 0.462. The SMILES string of the molecule is COC1(OC)CN(c2ccc(OCC#N)cc2)C1. The van der Waals surface area contributed by atoms with E-state index in [1.807, 2.05) is 30.3 Å². The van der Waals surface area contributed by atoms with Crippen LogP contribution in [0.2, 0.25) is 0 Å². The Balaban J connectivity index is 1.94. The normalized spacial score (nSPS) is 16.8. The van der Waals surface area contributed by atoms with Crippen LogP contribution in [0.15, 0.2) is 24.3 Å². The molecule has 0 saturated carbocycles. The molecule has 96 valence electrons. The van der Waals surface area contributed by atoms with Crippen molar-refractivity contribution < 1.29 is 14.2 Å². The van der Waals surface area contributed by atoms with Crippen LogP contribution in [0, 0.1) is 11.3 Å². The van der Waals surface area contributed by atoms with Gasteiger partial charge in [0.2, 0.25) is 5.79 Å². The quantitative estimate of drug-likeness (QED) is 0.737. The van der Waals surface area contributed by atoms with Gasteiger partial charge in [-0.25, -0.2) is 0 Å². The number of methoxy groups -OCH3 is 2. The summed E-state index contributed by atoms with van der Waals surface area (Å²) in [7, 11) is 3.30. The van der Waals surface area contributed by atoms with Crippen molar-refractivity contribution in [2.75, 3.05) is 38.8 Å². The molecule has 5 nitrogen and oxygen atoms in total. The molecule has 1 aromatic rings. The molecule has 0 aromatic heterocycles. The van der Waals surface area contributed by atoms with Crippen LogP contribution in [0.3, 0.4) is 0 Å². The predicted molar refractivity (Wildman–Crippen MR) is 66.5 cm³/mol. The van der Waals surface area contributed by atoms with Gasteiger partial charge in [-0.1, -0.05) is 0 Å². The number of nitrogens with zero attached hydrogens (tertiary/aromatic N) is 2. The summed E-state index contributed by atoms with van der Waals surface area (Å²) in [6, 6.07) is 9.56. The third-order valence-corrected chi connectivity index (χ3v) is 3.11. The third kappa shape index (κ3) is 2.40. The number of ether oxygens (including phenoxy) is 3. The van der Waals surface area contributed by atoms with Crippen LogP contribution in [0.4, 0.5) is 5.69 Å². The number of hydrogen-bond donors (Lipinski definition) is 0. The van der Waals surface area contributed by atoms with E-state index in [4.69, 9.17) is 19.5 Å². The maximum absolute atomic E-state index is 8.42. The van der Waals surface area contributed by atoms with E-state index in [9.17, 15) is 0 Å². The molecule has 0 N–H and O–H groups in total. The summed E-state index contributed by atoms with van der Waals surface area (Å²) in [5, 5.41) is 8.42. The second-order valence-corrected chi connectivity index (χ2v) is 4.12. The van der Waals surface area contributed by atoms with E-state index in [0.29, 0.717) is 18.8 Å². The Morgan fingerprint density at radius 1 is 1.22 bits per heavy atom. The molecule has 0 atom stereocenters. The molecule has 1 heterocycles. The number of anilines is 1. The van der Waals surface area contributed by atoms with Crippen molar-refractivity contribution in [3.63, 3.8) is 0 Å². The molecule has 0 radical (unpaired) electrons. The van der Waals surface area contributed by atoms with Crippen LogP contribution in [0.1, 0.15) is 0 Å². The van der Waals surface area contributed by atoms with E-state index < -0.39 is 5.79 Å². The van der Waals surface area contributed by atoms with Crippen molar-refractivity contribution >= 4 is 5.69 Å². The van der Waals surface area contributed by atoms with Crippen LogP contribution < -0.4 is 9.64 Å². The van der Waals surface area contributed by atoms with E-state index in [1.54, 1.807) is 14.2 Å². The summed E-state index contributed by atoms with van der Waals surface area (Å²) in [4.78, 5) is 2.15. The van der Waals surface area contributed by atoms with Gasteiger partial charge in [0.15, 0.2) is 6.61 Å². The van der Waals surface area contributed by atoms with Crippen molar-refractivity contribution in [2.24, 2.45) is 0 Å². The summed E-state index contributed by atoms with van der Waals surface area (Å²) in [6.45, 7) is 1.48. The maximum Gasteiger partial charge on any atom is 0.203 e. The van der Waals surface area contributed by atoms with E-state index in [2.05, 4.69) is 4.90 Å². The molecule has 0 amide bonds. The zero-order chi connectivity index (χ0) is 13.0. The first-order chi connectivity index (χ1) is 8.73. The van der Waals surface area contributed by atoms with E-state index in [1.165, 1.54) is 0 Å². The predicted octanol–water partition coefficient (Wildman–Crippen LogP) is 1.40. The highest BCUT2D eigenvalue weighted by Crippen LogP contribution is 2.31. The molecule has 2 rings (SSSR count). The Labute approximate surface area is 106 Å². The summed E-state index contributed by atoms with van der Waals surface area (Å²) in [6.07, 6.45) is 0. The van der Waals surface area contributed by atoms with Gasteiger partial charge in [0.05, 0.1) is 13.1 Å². The maximum atomic E-state index is 8.42. The Bertz CT molecular complexity index is 427. The third-order valence-electron chi connectivity index (χ3n) is 3.11. The smallest absolute Gasteiger partial charge is 0.203 e. The summed E-state index contributed by atoms with van der Waals surface area (Å²) >= 11 is 0. The number of hydrogen-bond acceptors (Lipinski definition) is 5. The van der Waals surface area contributed by atoms with Gasteiger partial charge < -0.3 is 19.1 Å². The average Bonchev–Trinajstić information content (AvgIpc) is 2.38. The molecular weight excluding hydrogens is 232 g/mol. The second-order valence-electron chi connectivity index (χ2n) is 4.12. The highest BCUT2D eigenvalue weighted by molar-refractivity contribution is 5.52. The Morgan fingerprint density at radius 3 is 2.33 bits per heavy atom. The molecular formula is C13H16N2O3. The zero-order valence-corrected chi connectivity index (χ0v) is 10.5. The van der Waals surface area contributed by atoms with Gasteiger partial charge in [0.1, 0.15) is 11.8 Å². The summed E-state index contributed by atoms with van der Waals surface area (Å²) < 4.78 is 15.8. The van der Waals surface area contributed by atoms with E-state index >= 15 is 0 Å². The lowest BCUT2D eigenvalue weighted by atomic mass is 10.1. The highest BCUT2D eigenvalue weighted by Gasteiger charge is 2.43. The van der Waals surface area contributed by atoms with Gasteiger partial charge in [0, 0.05) is 19.9 Å². The first-order valence-electron chi connectivity index (χ1n) is 5.68. The minimum atomic E-state index is -0.476. The number of nitriles is 1. The lowest BCUT2D eigenvalue weighted by molar-refractivity contribution is -0.219. The molecule has 0 aliphatic carbocycles. The monoisotopic (exact) mass is 248 g/mol. The molecule has 0 unspecified atom stereocenters. The molecule has 1 aliphatic rings. The first-order valence-corrected chi connectivity index (χ1v) is 5.68. The van der Waals surface area contributed by atoms with E-state index in [0.717, 1.165) is 5.69 Å². The van der Waals surface area contributed by atoms with Gasteiger partial charge >= 0.3 is 0 Å². The van der Waals surface area contributed by atoms with Crippen molar-refractivity contribution in [2.45, 2.75) is 5.79 Å². The van der Waals surface area contributed by atoms with Crippen molar-refractivity contribution in [1.82, 2.24) is 0 Å². The lowest BCUT2D eigenvalue weighted by Gasteiger charge is -2.48. The standard InChI is InChI=1S/C13H16N2O3/c1-16-13(17-2)9-15(10-13)11-3-5-12(6-4-11)18-8-7-14/h3-6H,8-10H2,1-2H3. The Morgan fingerprint density at radius 2 is 1.83 bits per heavy atom. The first kappa shape index (κ1) is 12.7. The minimum absolute atomic E-state index is 0.0690. The highest BCUT2D eigenvalue weighted by atomic mass is 16.7. The number of rotatable bonds is 5. The van der Waals surface area contributed by atoms with Gasteiger partial charge in [-0.2, -0.15) is 5.26 Å².